The van der Waals surface area contributed by atoms with Crippen molar-refractivity contribution >= 4 is 27.5 Å². The van der Waals surface area contributed by atoms with Gasteiger partial charge in [-0.3, -0.25) is 13.9 Å². The van der Waals surface area contributed by atoms with Crippen molar-refractivity contribution in [3.8, 4) is 5.75 Å². The number of hydrogen-bond acceptors (Lipinski definition) is 5. The van der Waals surface area contributed by atoms with Gasteiger partial charge in [-0.1, -0.05) is 80.9 Å². The molecule has 41 heavy (non-hydrogen) atoms. The highest BCUT2D eigenvalue weighted by molar-refractivity contribution is 7.92. The summed E-state index contributed by atoms with van der Waals surface area (Å²) in [5.74, 6) is -0.360. The number of sulfonamides is 1. The average molecular weight is 580 g/mol. The standard InChI is InChI=1S/C32H41N3O5S/c1-4-7-23-33-32(37)28(5-2)34(24-22-26-16-10-8-11-17-26)31(36)25-35(29-20-14-15-21-30(29)40-6-3)41(38,39)27-18-12-9-13-19-27/h8-21,28H,4-7,22-25H2,1-3H3,(H,33,37). The minimum Gasteiger partial charge on any atom is -0.492 e. The van der Waals surface area contributed by atoms with Gasteiger partial charge in [0.05, 0.1) is 17.2 Å². The van der Waals surface area contributed by atoms with E-state index in [1.807, 2.05) is 51.1 Å². The van der Waals surface area contributed by atoms with E-state index in [9.17, 15) is 18.0 Å². The lowest BCUT2D eigenvalue weighted by atomic mass is 10.1. The lowest BCUT2D eigenvalue weighted by Crippen LogP contribution is -2.53. The van der Waals surface area contributed by atoms with E-state index in [1.54, 1.807) is 42.5 Å². The fourth-order valence-corrected chi connectivity index (χ4v) is 6.02. The van der Waals surface area contributed by atoms with Crippen molar-refractivity contribution in [2.24, 2.45) is 0 Å². The van der Waals surface area contributed by atoms with Crippen molar-refractivity contribution in [2.75, 3.05) is 30.5 Å². The second kappa shape index (κ2) is 15.8. The Kier molecular flexibility index (Phi) is 12.2. The monoisotopic (exact) mass is 579 g/mol. The van der Waals surface area contributed by atoms with Gasteiger partial charge in [0, 0.05) is 13.1 Å². The Hall–Kier alpha value is -3.85. The molecule has 3 aromatic rings. The number of benzene rings is 3. The number of hydrogen-bond donors (Lipinski definition) is 1. The van der Waals surface area contributed by atoms with Crippen LogP contribution in [-0.2, 0) is 26.0 Å². The molecule has 220 valence electrons. The highest BCUT2D eigenvalue weighted by Crippen LogP contribution is 2.32. The summed E-state index contributed by atoms with van der Waals surface area (Å²) in [6.07, 6.45) is 2.67. The SMILES string of the molecule is CCCCNC(=O)C(CC)N(CCc1ccccc1)C(=O)CN(c1ccccc1OCC)S(=O)(=O)c1ccccc1. The normalized spacial score (nSPS) is 11.9. The molecule has 1 unspecified atom stereocenters. The molecule has 0 aliphatic carbocycles. The van der Waals surface area contributed by atoms with Crippen LogP contribution < -0.4 is 14.4 Å². The number of para-hydroxylation sites is 2. The zero-order valence-corrected chi connectivity index (χ0v) is 25.0. The van der Waals surface area contributed by atoms with E-state index in [2.05, 4.69) is 5.32 Å². The maximum absolute atomic E-state index is 14.1. The van der Waals surface area contributed by atoms with E-state index in [4.69, 9.17) is 4.74 Å². The second-order valence-corrected chi connectivity index (χ2v) is 11.5. The van der Waals surface area contributed by atoms with Crippen LogP contribution in [0.3, 0.4) is 0 Å². The van der Waals surface area contributed by atoms with Crippen LogP contribution in [0.25, 0.3) is 0 Å². The molecule has 0 aliphatic heterocycles. The van der Waals surface area contributed by atoms with Crippen molar-refractivity contribution < 1.29 is 22.7 Å². The molecule has 1 atom stereocenters. The highest BCUT2D eigenvalue weighted by atomic mass is 32.2. The first-order valence-electron chi connectivity index (χ1n) is 14.2. The Balaban J connectivity index is 2.02. The minimum atomic E-state index is -4.16. The summed E-state index contributed by atoms with van der Waals surface area (Å²) < 4.78 is 34.8. The Morgan fingerprint density at radius 2 is 1.51 bits per heavy atom. The predicted molar refractivity (Wildman–Crippen MR) is 162 cm³/mol. The first-order chi connectivity index (χ1) is 19.8. The molecule has 0 radical (unpaired) electrons. The predicted octanol–water partition coefficient (Wildman–Crippen LogP) is 5.05. The summed E-state index contributed by atoms with van der Waals surface area (Å²) in [4.78, 5) is 29.0. The number of unbranched alkanes of at least 4 members (excludes halogenated alkanes) is 1. The maximum Gasteiger partial charge on any atom is 0.264 e. The molecule has 0 aliphatic rings. The molecule has 2 amide bonds. The third-order valence-electron chi connectivity index (χ3n) is 6.74. The fourth-order valence-electron chi connectivity index (χ4n) is 4.58. The Labute approximate surface area is 244 Å². The molecule has 0 fully saturated rings. The third kappa shape index (κ3) is 8.57. The molecule has 8 nitrogen and oxygen atoms in total. The summed E-state index contributed by atoms with van der Waals surface area (Å²) in [7, 11) is -4.16. The van der Waals surface area contributed by atoms with Crippen LogP contribution in [0.15, 0.2) is 89.8 Å². The lowest BCUT2D eigenvalue weighted by Gasteiger charge is -2.33. The molecule has 9 heteroatoms. The molecule has 0 heterocycles. The van der Waals surface area contributed by atoms with Gasteiger partial charge in [0.1, 0.15) is 18.3 Å². The first kappa shape index (κ1) is 31.7. The van der Waals surface area contributed by atoms with Crippen LogP contribution in [-0.4, -0.2) is 57.4 Å². The van der Waals surface area contributed by atoms with Crippen LogP contribution in [0.1, 0.15) is 45.6 Å². The third-order valence-corrected chi connectivity index (χ3v) is 8.52. The van der Waals surface area contributed by atoms with E-state index in [1.165, 1.54) is 17.0 Å². The average Bonchev–Trinajstić information content (AvgIpc) is 2.99. The quantitative estimate of drug-likeness (QED) is 0.240. The van der Waals surface area contributed by atoms with Crippen molar-refractivity contribution in [3.05, 3.63) is 90.5 Å². The number of carbonyl (C=O) groups is 2. The first-order valence-corrected chi connectivity index (χ1v) is 15.7. The number of nitrogens with zero attached hydrogens (tertiary/aromatic N) is 2. The zero-order chi connectivity index (χ0) is 29.7. The largest absolute Gasteiger partial charge is 0.492 e. The summed E-state index contributed by atoms with van der Waals surface area (Å²) in [5.41, 5.74) is 1.28. The molecule has 3 rings (SSSR count). The van der Waals surface area contributed by atoms with Crippen molar-refractivity contribution in [1.29, 1.82) is 0 Å². The smallest absolute Gasteiger partial charge is 0.264 e. The number of anilines is 1. The van der Waals surface area contributed by atoms with Crippen molar-refractivity contribution in [1.82, 2.24) is 10.2 Å². The molecule has 0 saturated heterocycles. The summed E-state index contributed by atoms with van der Waals surface area (Å²) in [6, 6.07) is 23.7. The molecule has 0 aromatic heterocycles. The fraction of sp³-hybridized carbons (Fsp3) is 0.375. The van der Waals surface area contributed by atoms with Gasteiger partial charge in [-0.15, -0.1) is 0 Å². The topological polar surface area (TPSA) is 96.0 Å². The minimum absolute atomic E-state index is 0.0549. The van der Waals surface area contributed by atoms with Gasteiger partial charge in [-0.05, 0) is 56.0 Å². The van der Waals surface area contributed by atoms with Gasteiger partial charge in [0.15, 0.2) is 0 Å². The number of amides is 2. The van der Waals surface area contributed by atoms with Gasteiger partial charge < -0.3 is 15.0 Å². The molecular weight excluding hydrogens is 538 g/mol. The zero-order valence-electron chi connectivity index (χ0n) is 24.2. The van der Waals surface area contributed by atoms with Crippen molar-refractivity contribution in [3.63, 3.8) is 0 Å². The van der Waals surface area contributed by atoms with Crippen LogP contribution in [0.4, 0.5) is 5.69 Å². The van der Waals surface area contributed by atoms with Gasteiger partial charge in [0.25, 0.3) is 10.0 Å². The van der Waals surface area contributed by atoms with E-state index in [-0.39, 0.29) is 23.0 Å². The van der Waals surface area contributed by atoms with Gasteiger partial charge >= 0.3 is 0 Å². The van der Waals surface area contributed by atoms with E-state index in [0.29, 0.717) is 31.7 Å². The van der Waals surface area contributed by atoms with Gasteiger partial charge in [-0.2, -0.15) is 0 Å². The number of nitrogens with one attached hydrogen (secondary N) is 1. The second-order valence-electron chi connectivity index (χ2n) is 9.62. The summed E-state index contributed by atoms with van der Waals surface area (Å²) in [5, 5.41) is 2.95. The lowest BCUT2D eigenvalue weighted by molar-refractivity contribution is -0.139. The molecule has 1 N–H and O–H groups in total. The molecule has 3 aromatic carbocycles. The summed E-state index contributed by atoms with van der Waals surface area (Å²) >= 11 is 0. The highest BCUT2D eigenvalue weighted by Gasteiger charge is 2.34. The molecule has 0 spiro atoms. The number of rotatable bonds is 16. The molecular formula is C32H41N3O5S. The number of ether oxygens (including phenoxy) is 1. The van der Waals surface area contributed by atoms with Crippen LogP contribution in [0.2, 0.25) is 0 Å². The van der Waals surface area contributed by atoms with E-state index >= 15 is 0 Å². The molecule has 0 bridgehead atoms. The van der Waals surface area contributed by atoms with Crippen LogP contribution in [0.5, 0.6) is 5.75 Å². The number of carbonyl (C=O) groups excluding carboxylic acids is 2. The van der Waals surface area contributed by atoms with Crippen LogP contribution >= 0.6 is 0 Å². The van der Waals surface area contributed by atoms with Crippen molar-refractivity contribution in [2.45, 2.75) is 57.4 Å². The van der Waals surface area contributed by atoms with E-state index in [0.717, 1.165) is 22.7 Å². The van der Waals surface area contributed by atoms with Crippen LogP contribution in [0, 0.1) is 0 Å². The Bertz CT molecular complexity index is 1350. The maximum atomic E-state index is 14.1. The Morgan fingerprint density at radius 1 is 0.878 bits per heavy atom. The summed E-state index contributed by atoms with van der Waals surface area (Å²) in [6.45, 7) is 6.32. The Morgan fingerprint density at radius 3 is 2.15 bits per heavy atom. The van der Waals surface area contributed by atoms with Gasteiger partial charge in [-0.25, -0.2) is 8.42 Å². The molecule has 0 saturated carbocycles. The van der Waals surface area contributed by atoms with Gasteiger partial charge in [0.2, 0.25) is 11.8 Å². The van der Waals surface area contributed by atoms with E-state index < -0.39 is 28.5 Å².